The van der Waals surface area contributed by atoms with Crippen LogP contribution in [-0.4, -0.2) is 39.9 Å². The number of hydrogen-bond acceptors (Lipinski definition) is 7. The van der Waals surface area contributed by atoms with Crippen LogP contribution < -0.4 is 11.2 Å². The molecule has 228 valence electrons. The van der Waals surface area contributed by atoms with Gasteiger partial charge in [0.05, 0.1) is 37.4 Å². The van der Waals surface area contributed by atoms with Crippen LogP contribution in [0.5, 0.6) is 0 Å². The van der Waals surface area contributed by atoms with E-state index >= 15 is 0 Å². The van der Waals surface area contributed by atoms with Crippen molar-refractivity contribution in [3.05, 3.63) is 140 Å². The van der Waals surface area contributed by atoms with Crippen molar-refractivity contribution in [3.63, 3.8) is 0 Å². The highest BCUT2D eigenvalue weighted by atomic mass is 16.6. The lowest BCUT2D eigenvalue weighted by Crippen LogP contribution is -2.54. The quantitative estimate of drug-likeness (QED) is 0.261. The van der Waals surface area contributed by atoms with Crippen molar-refractivity contribution in [2.75, 3.05) is 6.61 Å². The van der Waals surface area contributed by atoms with E-state index in [0.29, 0.717) is 30.6 Å². The molecule has 2 fully saturated rings. The van der Waals surface area contributed by atoms with Crippen LogP contribution in [0.25, 0.3) is 0 Å². The summed E-state index contributed by atoms with van der Waals surface area (Å²) in [7, 11) is 0. The lowest BCUT2D eigenvalue weighted by atomic mass is 9.75. The number of H-pyrrole nitrogens is 1. The summed E-state index contributed by atoms with van der Waals surface area (Å²) in [6.45, 7) is 4.44. The van der Waals surface area contributed by atoms with E-state index in [1.165, 1.54) is 10.8 Å². The number of carbonyl (C=O) groups is 1. The molecule has 3 aromatic carbocycles. The van der Waals surface area contributed by atoms with Gasteiger partial charge in [-0.2, -0.15) is 0 Å². The molecule has 0 amide bonds. The molecule has 1 aliphatic carbocycles. The standard InChI is InChI=1S/C35H36N2O7/c1-23-13-15-27(16-14-23)33(39)43-28-17-18-35(22-41-20-25-9-5-3-6-10-25)30(42-21-26-11-7-4-8-12-26)29(28)32(44-35)37-19-24(2)31(38)36-34(37)40/h3-16,19,28-30,32H,17-18,20-22H2,1-2H3,(H,36,38,40)/t28-,29+,30-,32+,35+/m0/s1. The summed E-state index contributed by atoms with van der Waals surface area (Å²) in [6, 6.07) is 26.8. The minimum atomic E-state index is -0.935. The summed E-state index contributed by atoms with van der Waals surface area (Å²) in [5, 5.41) is 0. The van der Waals surface area contributed by atoms with Gasteiger partial charge in [0.25, 0.3) is 5.56 Å². The van der Waals surface area contributed by atoms with E-state index in [1.54, 1.807) is 19.1 Å². The first kappa shape index (κ1) is 29.7. The van der Waals surface area contributed by atoms with E-state index in [0.717, 1.165) is 16.7 Å². The molecule has 6 rings (SSSR count). The average Bonchev–Trinajstić information content (AvgIpc) is 3.25. The maximum atomic E-state index is 13.4. The third kappa shape index (κ3) is 6.17. The molecule has 1 aromatic heterocycles. The molecule has 9 heteroatoms. The number of rotatable bonds is 10. The number of esters is 1. The van der Waals surface area contributed by atoms with Gasteiger partial charge < -0.3 is 18.9 Å². The summed E-state index contributed by atoms with van der Waals surface area (Å²) in [6.07, 6.45) is 0.355. The fourth-order valence-corrected chi connectivity index (χ4v) is 6.22. The van der Waals surface area contributed by atoms with Crippen LogP contribution in [0, 0.1) is 19.8 Å². The Bertz CT molecular complexity index is 1700. The smallest absolute Gasteiger partial charge is 0.338 e. The number of ether oxygens (including phenoxy) is 4. The minimum Gasteiger partial charge on any atom is -0.458 e. The van der Waals surface area contributed by atoms with Crippen molar-refractivity contribution in [1.29, 1.82) is 0 Å². The van der Waals surface area contributed by atoms with Crippen LogP contribution >= 0.6 is 0 Å². The van der Waals surface area contributed by atoms with E-state index in [-0.39, 0.29) is 13.2 Å². The number of hydrogen-bond donors (Lipinski definition) is 1. The minimum absolute atomic E-state index is 0.198. The first-order valence-corrected chi connectivity index (χ1v) is 14.9. The molecular weight excluding hydrogens is 560 g/mol. The number of aromatic nitrogens is 2. The summed E-state index contributed by atoms with van der Waals surface area (Å²) < 4.78 is 27.3. The summed E-state index contributed by atoms with van der Waals surface area (Å²) >= 11 is 0. The molecule has 0 unspecified atom stereocenters. The second kappa shape index (κ2) is 12.7. The zero-order chi connectivity index (χ0) is 30.7. The van der Waals surface area contributed by atoms with Crippen molar-refractivity contribution in [2.45, 2.75) is 63.9 Å². The van der Waals surface area contributed by atoms with Gasteiger partial charge in [-0.15, -0.1) is 0 Å². The highest BCUT2D eigenvalue weighted by molar-refractivity contribution is 5.89. The fourth-order valence-electron chi connectivity index (χ4n) is 6.22. The van der Waals surface area contributed by atoms with Gasteiger partial charge in [0.2, 0.25) is 0 Å². The molecule has 1 saturated carbocycles. The first-order valence-electron chi connectivity index (χ1n) is 14.9. The molecule has 0 spiro atoms. The predicted octanol–water partition coefficient (Wildman–Crippen LogP) is 4.86. The van der Waals surface area contributed by atoms with E-state index in [2.05, 4.69) is 4.98 Å². The number of nitrogens with one attached hydrogen (secondary N) is 1. The van der Waals surface area contributed by atoms with Gasteiger partial charge in [-0.3, -0.25) is 14.3 Å². The Morgan fingerprint density at radius 2 is 1.59 bits per heavy atom. The molecule has 44 heavy (non-hydrogen) atoms. The number of fused-ring (bicyclic) bond motifs is 2. The molecule has 1 N–H and O–H groups in total. The molecule has 5 atom stereocenters. The van der Waals surface area contributed by atoms with Crippen LogP contribution in [0.1, 0.15) is 51.7 Å². The van der Waals surface area contributed by atoms with Gasteiger partial charge in [-0.1, -0.05) is 78.4 Å². The lowest BCUT2D eigenvalue weighted by Gasteiger charge is -2.41. The monoisotopic (exact) mass is 596 g/mol. The van der Waals surface area contributed by atoms with E-state index in [9.17, 15) is 14.4 Å². The van der Waals surface area contributed by atoms with Gasteiger partial charge in [-0.05, 0) is 49.9 Å². The Kier molecular flexibility index (Phi) is 8.61. The number of benzene rings is 3. The zero-order valence-electron chi connectivity index (χ0n) is 24.8. The van der Waals surface area contributed by atoms with Gasteiger partial charge >= 0.3 is 11.7 Å². The van der Waals surface area contributed by atoms with Crippen LogP contribution in [0.2, 0.25) is 0 Å². The predicted molar refractivity (Wildman–Crippen MR) is 163 cm³/mol. The maximum absolute atomic E-state index is 13.4. The Labute approximate surface area is 255 Å². The van der Waals surface area contributed by atoms with Crippen LogP contribution in [-0.2, 0) is 32.2 Å². The highest BCUT2D eigenvalue weighted by Gasteiger charge is 2.63. The number of carbonyl (C=O) groups excluding carboxylic acids is 1. The molecule has 2 heterocycles. The second-order valence-electron chi connectivity index (χ2n) is 11.7. The van der Waals surface area contributed by atoms with Crippen molar-refractivity contribution >= 4 is 5.97 Å². The Morgan fingerprint density at radius 3 is 2.27 bits per heavy atom. The second-order valence-corrected chi connectivity index (χ2v) is 11.7. The van der Waals surface area contributed by atoms with E-state index < -0.39 is 47.2 Å². The number of aryl methyl sites for hydroxylation is 2. The summed E-state index contributed by atoms with van der Waals surface area (Å²) in [4.78, 5) is 41.2. The van der Waals surface area contributed by atoms with Gasteiger partial charge in [-0.25, -0.2) is 9.59 Å². The third-order valence-corrected chi connectivity index (χ3v) is 8.53. The SMILES string of the molecule is Cc1ccc(C(=O)O[C@H]2CC[C@]3(COCc4ccccc4)O[C@@H](n4cc(C)c(=O)[nH]c4=O)[C@H]2[C@@H]3OCc2ccccc2)cc1. The highest BCUT2D eigenvalue weighted by Crippen LogP contribution is 2.53. The molecule has 9 nitrogen and oxygen atoms in total. The van der Waals surface area contributed by atoms with E-state index in [1.807, 2.05) is 79.7 Å². The van der Waals surface area contributed by atoms with Gasteiger partial charge in [0, 0.05) is 11.8 Å². The van der Waals surface area contributed by atoms with Crippen LogP contribution in [0.3, 0.4) is 0 Å². The van der Waals surface area contributed by atoms with Crippen molar-refractivity contribution < 1.29 is 23.7 Å². The van der Waals surface area contributed by atoms with Crippen molar-refractivity contribution in [3.8, 4) is 0 Å². The average molecular weight is 597 g/mol. The molecule has 4 aromatic rings. The molecule has 0 radical (unpaired) electrons. The zero-order valence-corrected chi connectivity index (χ0v) is 24.8. The van der Waals surface area contributed by atoms with Gasteiger partial charge in [0.1, 0.15) is 17.9 Å². The molecular formula is C35H36N2O7. The topological polar surface area (TPSA) is 109 Å². The lowest BCUT2D eigenvalue weighted by molar-refractivity contribution is -0.168. The fraction of sp³-hybridized carbons (Fsp3) is 0.343. The molecule has 1 saturated heterocycles. The van der Waals surface area contributed by atoms with Crippen LogP contribution in [0.4, 0.5) is 0 Å². The summed E-state index contributed by atoms with van der Waals surface area (Å²) in [5.74, 6) is -1.02. The van der Waals surface area contributed by atoms with Gasteiger partial charge in [0.15, 0.2) is 0 Å². The van der Waals surface area contributed by atoms with Crippen molar-refractivity contribution in [2.24, 2.45) is 5.92 Å². The Morgan fingerprint density at radius 1 is 0.932 bits per heavy atom. The molecule has 2 aliphatic rings. The molecule has 2 bridgehead atoms. The molecule has 1 aliphatic heterocycles. The first-order chi connectivity index (χ1) is 21.3. The normalized spacial score (nSPS) is 24.2. The number of aromatic amines is 1. The van der Waals surface area contributed by atoms with Crippen LogP contribution in [0.15, 0.2) is 101 Å². The maximum Gasteiger partial charge on any atom is 0.338 e. The Hall–Kier alpha value is -4.31. The van der Waals surface area contributed by atoms with E-state index in [4.69, 9.17) is 18.9 Å². The number of nitrogens with zero attached hydrogens (tertiary/aromatic N) is 1. The largest absolute Gasteiger partial charge is 0.458 e. The summed E-state index contributed by atoms with van der Waals surface area (Å²) in [5.41, 5.74) is 1.81. The third-order valence-electron chi connectivity index (χ3n) is 8.53. The van der Waals surface area contributed by atoms with Crippen molar-refractivity contribution in [1.82, 2.24) is 9.55 Å². The Balaban J connectivity index is 1.36.